The van der Waals surface area contributed by atoms with E-state index in [9.17, 15) is 8.78 Å². The summed E-state index contributed by atoms with van der Waals surface area (Å²) in [6, 6.07) is 3.85. The highest BCUT2D eigenvalue weighted by atomic mass is 19.2. The molecule has 0 unspecified atom stereocenters. The van der Waals surface area contributed by atoms with Crippen LogP contribution in [-0.2, 0) is 13.7 Å². The van der Waals surface area contributed by atoms with Gasteiger partial charge in [0.15, 0.2) is 11.6 Å². The van der Waals surface area contributed by atoms with Crippen LogP contribution in [0.3, 0.4) is 0 Å². The first kappa shape index (κ1) is 9.70. The quantitative estimate of drug-likeness (QED) is 0.553. The summed E-state index contributed by atoms with van der Waals surface area (Å²) < 4.78 is 40.7. The summed E-state index contributed by atoms with van der Waals surface area (Å²) in [5.74, 6) is -1.86. The molecule has 1 aromatic carbocycles. The van der Waals surface area contributed by atoms with Crippen molar-refractivity contribution in [1.82, 2.24) is 0 Å². The van der Waals surface area contributed by atoms with Gasteiger partial charge in [-0.25, -0.2) is 8.78 Å². The third-order valence-electron chi connectivity index (χ3n) is 1.84. The minimum absolute atomic E-state index is 0.0145. The molecular weight excluding hydrogens is 190 g/mol. The van der Waals surface area contributed by atoms with Crippen LogP contribution >= 0.6 is 0 Å². The minimum Gasteiger partial charge on any atom is -0.458 e. The Morgan fingerprint density at radius 2 is 1.86 bits per heavy atom. The molecule has 2 rings (SSSR count). The van der Waals surface area contributed by atoms with Crippen LogP contribution in [0.1, 0.15) is 0 Å². The molecule has 0 saturated carbocycles. The maximum atomic E-state index is 13.2. The normalized spacial score (nSPS) is 16.0. The molecule has 1 heterocycles. The summed E-state index contributed by atoms with van der Waals surface area (Å²) in [5, 5.41) is 0. The fourth-order valence-corrected chi connectivity index (χ4v) is 1.18. The number of rotatable bonds is 1. The van der Waals surface area contributed by atoms with Crippen molar-refractivity contribution in [3.8, 4) is 0 Å². The predicted octanol–water partition coefficient (Wildman–Crippen LogP) is -0.744. The molecule has 1 aliphatic heterocycles. The molecule has 0 atom stereocenters. The summed E-state index contributed by atoms with van der Waals surface area (Å²) in [7, 11) is -0.860. The van der Waals surface area contributed by atoms with Gasteiger partial charge in [-0.05, 0) is 6.07 Å². The highest BCUT2D eigenvalue weighted by Crippen LogP contribution is 2.05. The van der Waals surface area contributed by atoms with Crippen LogP contribution in [-0.4, -0.2) is 22.5 Å². The number of halogens is 2. The second-order valence-corrected chi connectivity index (χ2v) is 2.75. The van der Waals surface area contributed by atoms with Gasteiger partial charge in [0.1, 0.15) is 0 Å². The van der Waals surface area contributed by atoms with Crippen LogP contribution in [0.4, 0.5) is 8.78 Å². The molecule has 70 valence electrons. The summed E-state index contributed by atoms with van der Waals surface area (Å²) >= 11 is 0. The Balaban J connectivity index is 2.26. The Kier molecular flexibility index (Phi) is 2.86. The highest BCUT2D eigenvalue weighted by Gasteiger charge is 2.29. The molecule has 14 heavy (non-hydrogen) atoms. The first-order chi connectivity index (χ1) is 6.79. The van der Waals surface area contributed by atoms with Gasteiger partial charge in [0.05, 0.1) is 0 Å². The lowest BCUT2D eigenvalue weighted by Crippen LogP contribution is -2.46. The fourth-order valence-electron chi connectivity index (χ4n) is 1.18. The molecule has 1 saturated heterocycles. The van der Waals surface area contributed by atoms with Gasteiger partial charge in [-0.2, -0.15) is 0 Å². The van der Waals surface area contributed by atoms with Crippen molar-refractivity contribution < 1.29 is 22.5 Å². The van der Waals surface area contributed by atoms with E-state index in [4.69, 9.17) is 13.7 Å². The molecule has 0 N–H and O–H groups in total. The molecule has 8 heteroatoms. The molecule has 0 aliphatic carbocycles. The van der Waals surface area contributed by atoms with Gasteiger partial charge in [-0.1, -0.05) is 12.1 Å². The molecular formula is C6H5B3F2O3. The van der Waals surface area contributed by atoms with Gasteiger partial charge < -0.3 is 13.7 Å². The summed E-state index contributed by atoms with van der Waals surface area (Å²) in [6.45, 7) is 0. The van der Waals surface area contributed by atoms with Crippen molar-refractivity contribution in [3.05, 3.63) is 29.8 Å². The van der Waals surface area contributed by atoms with E-state index in [0.29, 0.717) is 0 Å². The molecule has 0 aromatic heterocycles. The van der Waals surface area contributed by atoms with E-state index in [2.05, 4.69) is 0 Å². The van der Waals surface area contributed by atoms with E-state index in [1.165, 1.54) is 12.1 Å². The van der Waals surface area contributed by atoms with E-state index >= 15 is 0 Å². The lowest BCUT2D eigenvalue weighted by atomic mass is 9.75. The van der Waals surface area contributed by atoms with E-state index in [0.717, 1.165) is 6.07 Å². The standard InChI is InChI=1S/C6H5B3F2O3/c10-5-3-1-2-4(6(5)11)9-13-7-12-8-14-9/h1-3,7-8H. The molecule has 0 spiro atoms. The van der Waals surface area contributed by atoms with Gasteiger partial charge in [0, 0.05) is 5.46 Å². The third-order valence-corrected chi connectivity index (χ3v) is 1.84. The van der Waals surface area contributed by atoms with E-state index in [1.807, 2.05) is 0 Å². The van der Waals surface area contributed by atoms with Crippen molar-refractivity contribution in [2.75, 3.05) is 0 Å². The lowest BCUT2D eigenvalue weighted by Gasteiger charge is -2.19. The fraction of sp³-hybridized carbons (Fsp3) is 0. The third kappa shape index (κ3) is 1.82. The van der Waals surface area contributed by atoms with E-state index < -0.39 is 18.8 Å². The second-order valence-electron chi connectivity index (χ2n) is 2.75. The molecule has 1 aromatic rings. The topological polar surface area (TPSA) is 27.7 Å². The number of hydrogen-bond donors (Lipinski definition) is 0. The Labute approximate surface area is 81.1 Å². The molecule has 0 amide bonds. The molecule has 1 fully saturated rings. The zero-order chi connectivity index (χ0) is 9.97. The maximum absolute atomic E-state index is 13.2. The second kappa shape index (κ2) is 4.12. The van der Waals surface area contributed by atoms with Crippen LogP contribution in [0.2, 0.25) is 0 Å². The van der Waals surface area contributed by atoms with Crippen molar-refractivity contribution in [2.24, 2.45) is 0 Å². The van der Waals surface area contributed by atoms with Gasteiger partial charge in [0.25, 0.3) is 0 Å². The SMILES string of the molecule is Fc1cccc(B2OBOBO2)c1F. The van der Waals surface area contributed by atoms with Crippen molar-refractivity contribution in [2.45, 2.75) is 0 Å². The van der Waals surface area contributed by atoms with Crippen LogP contribution < -0.4 is 5.46 Å². The van der Waals surface area contributed by atoms with E-state index in [-0.39, 0.29) is 20.8 Å². The first-order valence-corrected chi connectivity index (χ1v) is 4.04. The lowest BCUT2D eigenvalue weighted by molar-refractivity contribution is 0.332. The minimum atomic E-state index is -0.945. The number of hydrogen-bond acceptors (Lipinski definition) is 3. The first-order valence-electron chi connectivity index (χ1n) is 4.04. The van der Waals surface area contributed by atoms with Gasteiger partial charge in [-0.15, -0.1) is 0 Å². The predicted molar refractivity (Wildman–Crippen MR) is 49.3 cm³/mol. The smallest absolute Gasteiger partial charge is 0.458 e. The van der Waals surface area contributed by atoms with Crippen molar-refractivity contribution in [1.29, 1.82) is 0 Å². The van der Waals surface area contributed by atoms with Crippen LogP contribution in [0, 0.1) is 11.6 Å². The Morgan fingerprint density at radius 1 is 1.14 bits per heavy atom. The highest BCUT2D eigenvalue weighted by molar-refractivity contribution is 6.71. The van der Waals surface area contributed by atoms with Crippen LogP contribution in [0.15, 0.2) is 18.2 Å². The molecule has 0 bridgehead atoms. The van der Waals surface area contributed by atoms with Crippen molar-refractivity contribution >= 4 is 28.0 Å². The monoisotopic (exact) mass is 196 g/mol. The largest absolute Gasteiger partial charge is 0.469 e. The van der Waals surface area contributed by atoms with Crippen molar-refractivity contribution in [3.63, 3.8) is 0 Å². The summed E-state index contributed by atoms with van der Waals surface area (Å²) in [6.07, 6.45) is 0. The molecule has 1 aliphatic rings. The van der Waals surface area contributed by atoms with Crippen LogP contribution in [0.25, 0.3) is 0 Å². The van der Waals surface area contributed by atoms with Gasteiger partial charge >= 0.3 is 22.5 Å². The summed E-state index contributed by atoms with van der Waals surface area (Å²) in [5.41, 5.74) is 0.0494. The van der Waals surface area contributed by atoms with Gasteiger partial charge in [0.2, 0.25) is 0 Å². The Hall–Kier alpha value is -0.845. The number of benzene rings is 1. The zero-order valence-electron chi connectivity index (χ0n) is 7.20. The van der Waals surface area contributed by atoms with Gasteiger partial charge in [-0.3, -0.25) is 0 Å². The van der Waals surface area contributed by atoms with Crippen LogP contribution in [0.5, 0.6) is 0 Å². The van der Waals surface area contributed by atoms with E-state index in [1.54, 1.807) is 0 Å². The Morgan fingerprint density at radius 3 is 2.57 bits per heavy atom. The summed E-state index contributed by atoms with van der Waals surface area (Å²) in [4.78, 5) is 0. The maximum Gasteiger partial charge on any atom is 0.469 e. The average molecular weight is 196 g/mol. The molecule has 3 nitrogen and oxygen atoms in total. The molecule has 0 radical (unpaired) electrons. The average Bonchev–Trinajstić information content (AvgIpc) is 2.23. The zero-order valence-corrected chi connectivity index (χ0v) is 7.20. The Bertz CT molecular complexity index is 332.